The maximum absolute atomic E-state index is 13.7. The first-order chi connectivity index (χ1) is 22.7. The van der Waals surface area contributed by atoms with E-state index < -0.39 is 0 Å². The molecule has 6 aromatic rings. The molecule has 6 heteroatoms. The van der Waals surface area contributed by atoms with Gasteiger partial charge in [-0.2, -0.15) is 0 Å². The zero-order valence-corrected chi connectivity index (χ0v) is 25.3. The van der Waals surface area contributed by atoms with Gasteiger partial charge >= 0.3 is 0 Å². The van der Waals surface area contributed by atoms with Crippen LogP contribution in [0.1, 0.15) is 27.0 Å². The zero-order valence-electron chi connectivity index (χ0n) is 25.3. The van der Waals surface area contributed by atoms with E-state index in [4.69, 9.17) is 14.2 Å². The van der Waals surface area contributed by atoms with E-state index in [2.05, 4.69) is 10.6 Å². The Balaban J connectivity index is 1.28. The van der Waals surface area contributed by atoms with Gasteiger partial charge < -0.3 is 24.8 Å². The second kappa shape index (κ2) is 15.1. The Morgan fingerprint density at radius 3 is 1.33 bits per heavy atom. The second-order valence-electron chi connectivity index (χ2n) is 10.6. The maximum atomic E-state index is 13.7. The molecule has 0 aliphatic heterocycles. The predicted molar refractivity (Wildman–Crippen MR) is 183 cm³/mol. The summed E-state index contributed by atoms with van der Waals surface area (Å²) in [5.74, 6) is 0.965. The van der Waals surface area contributed by atoms with E-state index in [9.17, 15) is 4.79 Å². The van der Waals surface area contributed by atoms with Crippen molar-refractivity contribution in [2.45, 2.75) is 19.8 Å². The highest BCUT2D eigenvalue weighted by Gasteiger charge is 2.20. The molecule has 6 rings (SSSR count). The SMILES string of the molecule is O=C(Nc1ccc(Nc2ccccc2)cc1)c1cc(OCc2ccccc2)c(OCc2ccccc2)c(OCc2ccccc2)c1. The van der Waals surface area contributed by atoms with Crippen LogP contribution in [-0.4, -0.2) is 5.91 Å². The lowest BCUT2D eigenvalue weighted by Crippen LogP contribution is -2.13. The summed E-state index contributed by atoms with van der Waals surface area (Å²) in [4.78, 5) is 13.7. The first-order valence-electron chi connectivity index (χ1n) is 15.1. The van der Waals surface area contributed by atoms with Crippen molar-refractivity contribution in [1.29, 1.82) is 0 Å². The molecule has 6 aromatic carbocycles. The fourth-order valence-electron chi connectivity index (χ4n) is 4.79. The lowest BCUT2D eigenvalue weighted by atomic mass is 10.1. The van der Waals surface area contributed by atoms with Crippen LogP contribution in [-0.2, 0) is 19.8 Å². The van der Waals surface area contributed by atoms with Crippen molar-refractivity contribution in [2.24, 2.45) is 0 Å². The Labute approximate surface area is 269 Å². The topological polar surface area (TPSA) is 68.8 Å². The Morgan fingerprint density at radius 1 is 0.457 bits per heavy atom. The molecule has 0 fully saturated rings. The summed E-state index contributed by atoms with van der Waals surface area (Å²) >= 11 is 0. The van der Waals surface area contributed by atoms with Crippen LogP contribution < -0.4 is 24.8 Å². The van der Waals surface area contributed by atoms with Gasteiger partial charge in [0, 0.05) is 22.6 Å². The number of nitrogens with one attached hydrogen (secondary N) is 2. The minimum Gasteiger partial charge on any atom is -0.485 e. The fraction of sp³-hybridized carbons (Fsp3) is 0.0750. The smallest absolute Gasteiger partial charge is 0.255 e. The summed E-state index contributed by atoms with van der Waals surface area (Å²) in [5.41, 5.74) is 5.91. The van der Waals surface area contributed by atoms with E-state index in [1.165, 1.54) is 0 Å². The molecule has 2 N–H and O–H groups in total. The van der Waals surface area contributed by atoms with Crippen LogP contribution in [0.15, 0.2) is 158 Å². The van der Waals surface area contributed by atoms with Crippen molar-refractivity contribution in [2.75, 3.05) is 10.6 Å². The minimum atomic E-state index is -0.299. The van der Waals surface area contributed by atoms with Gasteiger partial charge in [0.2, 0.25) is 5.75 Å². The molecule has 0 unspecified atom stereocenters. The summed E-state index contributed by atoms with van der Waals surface area (Å²) in [6, 6.07) is 50.5. The first-order valence-corrected chi connectivity index (χ1v) is 15.1. The van der Waals surface area contributed by atoms with Crippen molar-refractivity contribution in [3.05, 3.63) is 180 Å². The second-order valence-corrected chi connectivity index (χ2v) is 10.6. The van der Waals surface area contributed by atoms with Crippen molar-refractivity contribution < 1.29 is 19.0 Å². The van der Waals surface area contributed by atoms with Crippen LogP contribution in [0, 0.1) is 0 Å². The summed E-state index contributed by atoms with van der Waals surface area (Å²) in [5, 5.41) is 6.37. The third kappa shape index (κ3) is 8.33. The standard InChI is InChI=1S/C40H34N2O4/c43-40(42-36-23-21-35(22-24-36)41-34-19-11-4-12-20-34)33-25-37(44-27-30-13-5-1-6-14-30)39(46-29-32-17-9-3-10-18-32)38(26-33)45-28-31-15-7-2-8-16-31/h1-26,41H,27-29H2,(H,42,43). The lowest BCUT2D eigenvalue weighted by Gasteiger charge is -2.19. The molecule has 1 amide bonds. The van der Waals surface area contributed by atoms with E-state index in [0.29, 0.717) is 48.3 Å². The monoisotopic (exact) mass is 606 g/mol. The molecular weight excluding hydrogens is 572 g/mol. The van der Waals surface area contributed by atoms with E-state index in [0.717, 1.165) is 28.1 Å². The molecule has 228 valence electrons. The van der Waals surface area contributed by atoms with Crippen LogP contribution in [0.4, 0.5) is 17.1 Å². The number of carbonyl (C=O) groups excluding carboxylic acids is 1. The molecule has 0 bridgehead atoms. The molecule has 6 nitrogen and oxygen atoms in total. The number of ether oxygens (including phenoxy) is 3. The van der Waals surface area contributed by atoms with E-state index >= 15 is 0 Å². The van der Waals surface area contributed by atoms with Gasteiger partial charge in [-0.15, -0.1) is 0 Å². The molecular formula is C40H34N2O4. The van der Waals surface area contributed by atoms with Gasteiger partial charge in [0.05, 0.1) is 0 Å². The Morgan fingerprint density at radius 2 is 0.848 bits per heavy atom. The number of anilines is 3. The normalized spacial score (nSPS) is 10.5. The highest BCUT2D eigenvalue weighted by Crippen LogP contribution is 2.40. The highest BCUT2D eigenvalue weighted by molar-refractivity contribution is 6.05. The van der Waals surface area contributed by atoms with Crippen LogP contribution in [0.2, 0.25) is 0 Å². The highest BCUT2D eigenvalue weighted by atomic mass is 16.5. The van der Waals surface area contributed by atoms with E-state index in [1.54, 1.807) is 12.1 Å². The van der Waals surface area contributed by atoms with Crippen LogP contribution >= 0.6 is 0 Å². The zero-order chi connectivity index (χ0) is 31.4. The minimum absolute atomic E-state index is 0.293. The van der Waals surface area contributed by atoms with Gasteiger partial charge in [-0.25, -0.2) is 0 Å². The molecule has 0 aromatic heterocycles. The molecule has 0 aliphatic carbocycles. The Bertz CT molecular complexity index is 1770. The summed E-state index contributed by atoms with van der Waals surface area (Å²) in [6.07, 6.45) is 0. The Kier molecular flexibility index (Phi) is 9.88. The maximum Gasteiger partial charge on any atom is 0.255 e. The van der Waals surface area contributed by atoms with Gasteiger partial charge in [-0.1, -0.05) is 109 Å². The molecule has 0 saturated heterocycles. The van der Waals surface area contributed by atoms with Gasteiger partial charge in [0.15, 0.2) is 11.5 Å². The molecule has 0 heterocycles. The number of para-hydroxylation sites is 1. The van der Waals surface area contributed by atoms with Gasteiger partial charge in [0.25, 0.3) is 5.91 Å². The predicted octanol–water partition coefficient (Wildman–Crippen LogP) is 9.42. The van der Waals surface area contributed by atoms with E-state index in [1.807, 2.05) is 146 Å². The van der Waals surface area contributed by atoms with Crippen molar-refractivity contribution in [3.8, 4) is 17.2 Å². The number of hydrogen-bond acceptors (Lipinski definition) is 5. The quantitative estimate of drug-likeness (QED) is 0.137. The van der Waals surface area contributed by atoms with E-state index in [-0.39, 0.29) is 5.91 Å². The van der Waals surface area contributed by atoms with Crippen LogP contribution in [0.25, 0.3) is 0 Å². The molecule has 0 saturated carbocycles. The molecule has 0 atom stereocenters. The number of rotatable bonds is 13. The average molecular weight is 607 g/mol. The van der Waals surface area contributed by atoms with Crippen LogP contribution in [0.5, 0.6) is 17.2 Å². The molecule has 0 radical (unpaired) electrons. The van der Waals surface area contributed by atoms with Crippen molar-refractivity contribution in [1.82, 2.24) is 0 Å². The summed E-state index contributed by atoms with van der Waals surface area (Å²) in [6.45, 7) is 0.891. The molecule has 0 aliphatic rings. The average Bonchev–Trinajstić information content (AvgIpc) is 3.11. The number of hydrogen-bond donors (Lipinski definition) is 2. The third-order valence-electron chi connectivity index (χ3n) is 7.19. The number of carbonyl (C=O) groups is 1. The summed E-state index contributed by atoms with van der Waals surface area (Å²) < 4.78 is 19.0. The first kappa shape index (κ1) is 30.0. The third-order valence-corrected chi connectivity index (χ3v) is 7.19. The van der Waals surface area contributed by atoms with Gasteiger partial charge in [-0.05, 0) is 65.2 Å². The molecule has 0 spiro atoms. The van der Waals surface area contributed by atoms with Crippen molar-refractivity contribution in [3.63, 3.8) is 0 Å². The van der Waals surface area contributed by atoms with Gasteiger partial charge in [0.1, 0.15) is 19.8 Å². The fourth-order valence-corrected chi connectivity index (χ4v) is 4.79. The Hall–Kier alpha value is -6.01. The molecule has 46 heavy (non-hydrogen) atoms. The van der Waals surface area contributed by atoms with Crippen molar-refractivity contribution >= 4 is 23.0 Å². The van der Waals surface area contributed by atoms with Gasteiger partial charge in [-0.3, -0.25) is 4.79 Å². The summed E-state index contributed by atoms with van der Waals surface area (Å²) in [7, 11) is 0. The lowest BCUT2D eigenvalue weighted by molar-refractivity contribution is 0.102. The number of amides is 1. The van der Waals surface area contributed by atoms with Crippen LogP contribution in [0.3, 0.4) is 0 Å². The largest absolute Gasteiger partial charge is 0.485 e. The number of benzene rings is 6.